The van der Waals surface area contributed by atoms with Gasteiger partial charge in [-0.1, -0.05) is 6.07 Å². The Kier molecular flexibility index (Phi) is 3.87. The average molecular weight is 250 g/mol. The quantitative estimate of drug-likeness (QED) is 0.891. The van der Waals surface area contributed by atoms with Gasteiger partial charge in [0.25, 0.3) is 0 Å². The predicted octanol–water partition coefficient (Wildman–Crippen LogP) is 2.31. The summed E-state index contributed by atoms with van der Waals surface area (Å²) in [4.78, 5) is 10.7. The van der Waals surface area contributed by atoms with E-state index in [0.717, 1.165) is 23.3 Å². The number of hydrogen-bond acceptors (Lipinski definition) is 3. The van der Waals surface area contributed by atoms with Gasteiger partial charge in [-0.3, -0.25) is 0 Å². The summed E-state index contributed by atoms with van der Waals surface area (Å²) in [5.74, 6) is -0.0706. The van der Waals surface area contributed by atoms with E-state index in [2.05, 4.69) is 6.07 Å². The third kappa shape index (κ3) is 3.23. The van der Waals surface area contributed by atoms with E-state index >= 15 is 0 Å². The van der Waals surface area contributed by atoms with Crippen molar-refractivity contribution in [2.45, 2.75) is 38.9 Å². The molecule has 1 fully saturated rings. The maximum absolute atomic E-state index is 10.7. The molecule has 1 aromatic carbocycles. The number of rotatable bonds is 4. The van der Waals surface area contributed by atoms with Crippen LogP contribution in [0.2, 0.25) is 0 Å². The molecule has 1 aromatic rings. The molecule has 1 N–H and O–H groups in total. The zero-order chi connectivity index (χ0) is 13.1. The second kappa shape index (κ2) is 5.40. The molecule has 0 saturated carbocycles. The third-order valence-corrected chi connectivity index (χ3v) is 3.01. The predicted molar refractivity (Wildman–Crippen MR) is 66.9 cm³/mol. The molecule has 1 heterocycles. The van der Waals surface area contributed by atoms with Gasteiger partial charge < -0.3 is 14.6 Å². The van der Waals surface area contributed by atoms with Crippen molar-refractivity contribution in [1.29, 1.82) is 0 Å². The normalized spacial score (nSPS) is 23.0. The van der Waals surface area contributed by atoms with Crippen molar-refractivity contribution in [2.24, 2.45) is 0 Å². The maximum Gasteiger partial charge on any atom is 0.332 e. The Labute approximate surface area is 107 Å². The fraction of sp³-hybridized carbons (Fsp3) is 0.500. The number of aliphatic carboxylic acids is 1. The Balaban J connectivity index is 1.87. The average Bonchev–Trinajstić information content (AvgIpc) is 2.73. The standard InChI is InChI=1S/C14H18O4/c1-9-5-10(2)7-12(6-9)17-8-11-3-4-13(18-11)14(15)16/h5-7,11,13H,3-4,8H2,1-2H3,(H,15,16). The van der Waals surface area contributed by atoms with Crippen LogP contribution < -0.4 is 4.74 Å². The van der Waals surface area contributed by atoms with Crippen molar-refractivity contribution < 1.29 is 19.4 Å². The van der Waals surface area contributed by atoms with Crippen LogP contribution in [0.3, 0.4) is 0 Å². The van der Waals surface area contributed by atoms with Crippen LogP contribution in [0.1, 0.15) is 24.0 Å². The first-order valence-corrected chi connectivity index (χ1v) is 6.14. The number of carboxylic acid groups (broad SMARTS) is 1. The van der Waals surface area contributed by atoms with Crippen LogP contribution in [0.25, 0.3) is 0 Å². The van der Waals surface area contributed by atoms with Gasteiger partial charge >= 0.3 is 5.97 Å². The van der Waals surface area contributed by atoms with E-state index in [1.807, 2.05) is 26.0 Å². The summed E-state index contributed by atoms with van der Waals surface area (Å²) in [6, 6.07) is 6.02. The first-order valence-electron chi connectivity index (χ1n) is 6.14. The highest BCUT2D eigenvalue weighted by molar-refractivity contribution is 5.72. The van der Waals surface area contributed by atoms with Crippen molar-refractivity contribution in [3.63, 3.8) is 0 Å². The highest BCUT2D eigenvalue weighted by Crippen LogP contribution is 2.22. The molecule has 1 aliphatic heterocycles. The topological polar surface area (TPSA) is 55.8 Å². The summed E-state index contributed by atoms with van der Waals surface area (Å²) >= 11 is 0. The number of carbonyl (C=O) groups is 1. The molecule has 4 nitrogen and oxygen atoms in total. The minimum atomic E-state index is -0.885. The molecule has 0 bridgehead atoms. The molecule has 18 heavy (non-hydrogen) atoms. The fourth-order valence-electron chi connectivity index (χ4n) is 2.22. The molecule has 0 aliphatic carbocycles. The van der Waals surface area contributed by atoms with E-state index in [4.69, 9.17) is 14.6 Å². The van der Waals surface area contributed by atoms with E-state index in [9.17, 15) is 4.79 Å². The third-order valence-electron chi connectivity index (χ3n) is 3.01. The van der Waals surface area contributed by atoms with E-state index in [1.165, 1.54) is 0 Å². The summed E-state index contributed by atoms with van der Waals surface area (Å²) in [5.41, 5.74) is 2.31. The van der Waals surface area contributed by atoms with Gasteiger partial charge in [0, 0.05) is 0 Å². The Morgan fingerprint density at radius 3 is 2.56 bits per heavy atom. The molecule has 2 unspecified atom stereocenters. The first kappa shape index (κ1) is 12.9. The highest BCUT2D eigenvalue weighted by atomic mass is 16.6. The van der Waals surface area contributed by atoms with Gasteiger partial charge in [0.15, 0.2) is 6.10 Å². The second-order valence-electron chi connectivity index (χ2n) is 4.80. The van der Waals surface area contributed by atoms with Gasteiger partial charge in [-0.15, -0.1) is 0 Å². The van der Waals surface area contributed by atoms with E-state index < -0.39 is 12.1 Å². The number of benzene rings is 1. The van der Waals surface area contributed by atoms with Gasteiger partial charge in [-0.2, -0.15) is 0 Å². The SMILES string of the molecule is Cc1cc(C)cc(OCC2CCC(C(=O)O)O2)c1. The lowest BCUT2D eigenvalue weighted by molar-refractivity contribution is -0.149. The van der Waals surface area contributed by atoms with Crippen molar-refractivity contribution in [1.82, 2.24) is 0 Å². The fourth-order valence-corrected chi connectivity index (χ4v) is 2.22. The van der Waals surface area contributed by atoms with Gasteiger partial charge in [-0.25, -0.2) is 4.79 Å². The smallest absolute Gasteiger partial charge is 0.332 e. The molecular formula is C14H18O4. The minimum absolute atomic E-state index is 0.119. The lowest BCUT2D eigenvalue weighted by Gasteiger charge is -2.13. The maximum atomic E-state index is 10.7. The van der Waals surface area contributed by atoms with E-state index in [0.29, 0.717) is 13.0 Å². The molecule has 0 amide bonds. The lowest BCUT2D eigenvalue weighted by Crippen LogP contribution is -2.23. The van der Waals surface area contributed by atoms with Crippen LogP contribution in [0.5, 0.6) is 5.75 Å². The zero-order valence-electron chi connectivity index (χ0n) is 10.7. The molecule has 98 valence electrons. The van der Waals surface area contributed by atoms with Gasteiger partial charge in [-0.05, 0) is 49.9 Å². The molecule has 1 saturated heterocycles. The van der Waals surface area contributed by atoms with Crippen LogP contribution in [-0.2, 0) is 9.53 Å². The number of carboxylic acids is 1. The minimum Gasteiger partial charge on any atom is -0.491 e. The molecule has 0 aromatic heterocycles. The summed E-state index contributed by atoms with van der Waals surface area (Å²) in [6.45, 7) is 4.45. The van der Waals surface area contributed by atoms with Crippen LogP contribution in [-0.4, -0.2) is 29.9 Å². The van der Waals surface area contributed by atoms with Crippen molar-refractivity contribution in [3.8, 4) is 5.75 Å². The van der Waals surface area contributed by atoms with Crippen LogP contribution in [0.4, 0.5) is 0 Å². The first-order chi connectivity index (χ1) is 8.54. The summed E-state index contributed by atoms with van der Waals surface area (Å²) in [7, 11) is 0. The molecule has 4 heteroatoms. The molecular weight excluding hydrogens is 232 g/mol. The molecule has 2 atom stereocenters. The van der Waals surface area contributed by atoms with E-state index in [-0.39, 0.29) is 6.10 Å². The molecule has 1 aliphatic rings. The van der Waals surface area contributed by atoms with Crippen molar-refractivity contribution >= 4 is 5.97 Å². The van der Waals surface area contributed by atoms with Crippen LogP contribution in [0, 0.1) is 13.8 Å². The molecule has 0 radical (unpaired) electrons. The summed E-state index contributed by atoms with van der Waals surface area (Å²) in [5, 5.41) is 8.82. The van der Waals surface area contributed by atoms with Gasteiger partial charge in [0.1, 0.15) is 12.4 Å². The zero-order valence-corrected chi connectivity index (χ0v) is 10.7. The van der Waals surface area contributed by atoms with Crippen molar-refractivity contribution in [3.05, 3.63) is 29.3 Å². The number of aryl methyl sites for hydroxylation is 2. The Hall–Kier alpha value is -1.55. The molecule has 0 spiro atoms. The number of ether oxygens (including phenoxy) is 2. The summed E-state index contributed by atoms with van der Waals surface area (Å²) < 4.78 is 11.0. The van der Waals surface area contributed by atoms with Gasteiger partial charge in [0.05, 0.1) is 6.10 Å². The van der Waals surface area contributed by atoms with Crippen LogP contribution in [0.15, 0.2) is 18.2 Å². The summed E-state index contributed by atoms with van der Waals surface area (Å²) in [6.07, 6.45) is 0.516. The van der Waals surface area contributed by atoms with Crippen molar-refractivity contribution in [2.75, 3.05) is 6.61 Å². The van der Waals surface area contributed by atoms with Gasteiger partial charge in [0.2, 0.25) is 0 Å². The Bertz CT molecular complexity index is 421. The Morgan fingerprint density at radius 2 is 2.00 bits per heavy atom. The molecule has 2 rings (SSSR count). The Morgan fingerprint density at radius 1 is 1.33 bits per heavy atom. The number of hydrogen-bond donors (Lipinski definition) is 1. The second-order valence-corrected chi connectivity index (χ2v) is 4.80. The van der Waals surface area contributed by atoms with E-state index in [1.54, 1.807) is 0 Å². The van der Waals surface area contributed by atoms with Crippen LogP contribution >= 0.6 is 0 Å². The highest BCUT2D eigenvalue weighted by Gasteiger charge is 2.30. The largest absolute Gasteiger partial charge is 0.491 e. The lowest BCUT2D eigenvalue weighted by atomic mass is 10.1. The monoisotopic (exact) mass is 250 g/mol.